The Bertz CT molecular complexity index is 877. The second kappa shape index (κ2) is 6.79. The van der Waals surface area contributed by atoms with Crippen molar-refractivity contribution in [3.63, 3.8) is 0 Å². The van der Waals surface area contributed by atoms with Gasteiger partial charge in [-0.2, -0.15) is 10.1 Å². The fraction of sp³-hybridized carbons (Fsp3) is 0.111. The molecule has 2 aromatic carbocycles. The molecule has 0 aromatic heterocycles. The molecule has 0 N–H and O–H groups in total. The predicted octanol–water partition coefficient (Wildman–Crippen LogP) is 4.92. The molecule has 0 aliphatic carbocycles. The molecule has 1 amide bonds. The molecule has 0 fully saturated rings. The Labute approximate surface area is 153 Å². The molecule has 122 valence electrons. The molecular weight excluding hydrogens is 392 g/mol. The first kappa shape index (κ1) is 16.7. The average Bonchev–Trinajstić information content (AvgIpc) is 2.83. The van der Waals surface area contributed by atoms with Crippen molar-refractivity contribution in [2.75, 3.05) is 12.1 Å². The molecule has 3 rings (SSSR count). The van der Waals surface area contributed by atoms with Crippen LogP contribution in [0.25, 0.3) is 6.08 Å². The van der Waals surface area contributed by atoms with Crippen molar-refractivity contribution < 1.29 is 9.53 Å². The van der Waals surface area contributed by atoms with Gasteiger partial charge >= 0.3 is 0 Å². The van der Waals surface area contributed by atoms with Gasteiger partial charge in [0.25, 0.3) is 5.91 Å². The van der Waals surface area contributed by atoms with Gasteiger partial charge in [-0.3, -0.25) is 4.79 Å². The summed E-state index contributed by atoms with van der Waals surface area (Å²) in [6, 6.07) is 12.7. The maximum atomic E-state index is 12.7. The zero-order valence-corrected chi connectivity index (χ0v) is 15.4. The monoisotopic (exact) mass is 404 g/mol. The van der Waals surface area contributed by atoms with Crippen LogP contribution in [0.15, 0.2) is 57.6 Å². The van der Waals surface area contributed by atoms with E-state index < -0.39 is 0 Å². The molecule has 0 atom stereocenters. The van der Waals surface area contributed by atoms with Crippen LogP contribution >= 0.6 is 27.5 Å². The minimum atomic E-state index is -0.179. The summed E-state index contributed by atoms with van der Waals surface area (Å²) >= 11 is 9.45. The molecule has 4 nitrogen and oxygen atoms in total. The van der Waals surface area contributed by atoms with Crippen LogP contribution in [0.2, 0.25) is 5.02 Å². The summed E-state index contributed by atoms with van der Waals surface area (Å²) in [5, 5.41) is 6.28. The van der Waals surface area contributed by atoms with Crippen LogP contribution in [-0.4, -0.2) is 18.7 Å². The number of anilines is 1. The SMILES string of the molecule is COc1ccc(/C=C2\C(=O)N(c3cccc(Cl)c3)N=C2C)cc1Br. The summed E-state index contributed by atoms with van der Waals surface area (Å²) in [4.78, 5) is 12.7. The maximum absolute atomic E-state index is 12.7. The lowest BCUT2D eigenvalue weighted by atomic mass is 10.1. The average molecular weight is 406 g/mol. The number of halogens is 2. The highest BCUT2D eigenvalue weighted by Crippen LogP contribution is 2.29. The third-order valence-corrected chi connectivity index (χ3v) is 4.46. The van der Waals surface area contributed by atoms with Gasteiger partial charge < -0.3 is 4.74 Å². The fourth-order valence-corrected chi connectivity index (χ4v) is 3.15. The molecule has 6 heteroatoms. The van der Waals surface area contributed by atoms with E-state index >= 15 is 0 Å². The highest BCUT2D eigenvalue weighted by molar-refractivity contribution is 9.10. The van der Waals surface area contributed by atoms with E-state index in [1.54, 1.807) is 31.4 Å². The Balaban J connectivity index is 1.94. The first-order chi connectivity index (χ1) is 11.5. The number of benzene rings is 2. The minimum absolute atomic E-state index is 0.179. The zero-order chi connectivity index (χ0) is 17.3. The van der Waals surface area contributed by atoms with E-state index in [4.69, 9.17) is 16.3 Å². The minimum Gasteiger partial charge on any atom is -0.496 e. The van der Waals surface area contributed by atoms with Crippen LogP contribution in [0.1, 0.15) is 12.5 Å². The molecule has 2 aromatic rings. The van der Waals surface area contributed by atoms with Crippen molar-refractivity contribution in [1.82, 2.24) is 0 Å². The highest BCUT2D eigenvalue weighted by atomic mass is 79.9. The Morgan fingerprint density at radius 1 is 1.25 bits per heavy atom. The van der Waals surface area contributed by atoms with E-state index in [1.165, 1.54) is 5.01 Å². The summed E-state index contributed by atoms with van der Waals surface area (Å²) in [5.74, 6) is 0.558. The lowest BCUT2D eigenvalue weighted by Gasteiger charge is -2.11. The molecule has 0 radical (unpaired) electrons. The molecular formula is C18H14BrClN2O2. The largest absolute Gasteiger partial charge is 0.496 e. The van der Waals surface area contributed by atoms with Gasteiger partial charge in [0.2, 0.25) is 0 Å². The van der Waals surface area contributed by atoms with Crippen molar-refractivity contribution in [3.05, 3.63) is 63.1 Å². The summed E-state index contributed by atoms with van der Waals surface area (Å²) < 4.78 is 6.04. The highest BCUT2D eigenvalue weighted by Gasteiger charge is 2.28. The van der Waals surface area contributed by atoms with Crippen LogP contribution in [0, 0.1) is 0 Å². The van der Waals surface area contributed by atoms with Crippen LogP contribution in [0.3, 0.4) is 0 Å². The van der Waals surface area contributed by atoms with E-state index in [1.807, 2.05) is 31.2 Å². The molecule has 0 saturated carbocycles. The molecule has 1 aliphatic heterocycles. The summed E-state index contributed by atoms with van der Waals surface area (Å²) in [5.41, 5.74) is 2.73. The molecule has 0 spiro atoms. The van der Waals surface area contributed by atoms with Crippen molar-refractivity contribution in [2.24, 2.45) is 5.10 Å². The van der Waals surface area contributed by atoms with Crippen LogP contribution < -0.4 is 9.75 Å². The standard InChI is InChI=1S/C18H14BrClN2O2/c1-11-15(8-12-6-7-17(24-2)16(19)9-12)18(23)22(21-11)14-5-3-4-13(20)10-14/h3-10H,1-2H3/b15-8-. The number of hydrogen-bond acceptors (Lipinski definition) is 3. The van der Waals surface area contributed by atoms with Gasteiger partial charge in [0.15, 0.2) is 0 Å². The van der Waals surface area contributed by atoms with Crippen molar-refractivity contribution in [2.45, 2.75) is 6.92 Å². The quantitative estimate of drug-likeness (QED) is 0.680. The third-order valence-electron chi connectivity index (χ3n) is 3.60. The molecule has 0 unspecified atom stereocenters. The van der Waals surface area contributed by atoms with E-state index in [0.29, 0.717) is 22.0 Å². The topological polar surface area (TPSA) is 41.9 Å². The number of amides is 1. The second-order valence-electron chi connectivity index (χ2n) is 5.23. The van der Waals surface area contributed by atoms with Crippen molar-refractivity contribution in [1.29, 1.82) is 0 Å². The fourth-order valence-electron chi connectivity index (χ4n) is 2.41. The number of ether oxygens (including phenoxy) is 1. The Morgan fingerprint density at radius 3 is 2.71 bits per heavy atom. The lowest BCUT2D eigenvalue weighted by molar-refractivity contribution is -0.114. The van der Waals surface area contributed by atoms with Crippen molar-refractivity contribution >= 4 is 50.9 Å². The smallest absolute Gasteiger partial charge is 0.280 e. The Morgan fingerprint density at radius 2 is 2.04 bits per heavy atom. The summed E-state index contributed by atoms with van der Waals surface area (Å²) in [6.45, 7) is 1.81. The summed E-state index contributed by atoms with van der Waals surface area (Å²) in [6.07, 6.45) is 1.82. The van der Waals surface area contributed by atoms with Crippen LogP contribution in [0.5, 0.6) is 5.75 Å². The van der Waals surface area contributed by atoms with Gasteiger partial charge in [0, 0.05) is 5.02 Å². The van der Waals surface area contributed by atoms with Crippen molar-refractivity contribution in [3.8, 4) is 5.75 Å². The zero-order valence-electron chi connectivity index (χ0n) is 13.1. The van der Waals surface area contributed by atoms with E-state index in [0.717, 1.165) is 15.8 Å². The lowest BCUT2D eigenvalue weighted by Crippen LogP contribution is -2.21. The Hall–Kier alpha value is -2.11. The number of carbonyl (C=O) groups excluding carboxylic acids is 1. The summed E-state index contributed by atoms with van der Waals surface area (Å²) in [7, 11) is 1.61. The van der Waals surface area contributed by atoms with Gasteiger partial charge in [-0.05, 0) is 64.8 Å². The van der Waals surface area contributed by atoms with Gasteiger partial charge in [0.05, 0.1) is 28.6 Å². The number of nitrogens with zero attached hydrogens (tertiary/aromatic N) is 2. The van der Waals surface area contributed by atoms with Gasteiger partial charge in [-0.25, -0.2) is 0 Å². The van der Waals surface area contributed by atoms with Crippen LogP contribution in [0.4, 0.5) is 5.69 Å². The molecule has 0 bridgehead atoms. The van der Waals surface area contributed by atoms with Gasteiger partial charge in [0.1, 0.15) is 5.75 Å². The van der Waals surface area contributed by atoms with Gasteiger partial charge in [-0.15, -0.1) is 0 Å². The van der Waals surface area contributed by atoms with E-state index in [-0.39, 0.29) is 5.91 Å². The number of hydrazone groups is 1. The molecule has 1 aliphatic rings. The normalized spacial score (nSPS) is 15.8. The molecule has 0 saturated heterocycles. The maximum Gasteiger partial charge on any atom is 0.280 e. The predicted molar refractivity (Wildman–Crippen MR) is 101 cm³/mol. The first-order valence-electron chi connectivity index (χ1n) is 7.20. The number of rotatable bonds is 3. The number of methoxy groups -OCH3 is 1. The second-order valence-corrected chi connectivity index (χ2v) is 6.53. The van der Waals surface area contributed by atoms with Crippen LogP contribution in [-0.2, 0) is 4.79 Å². The number of hydrogen-bond donors (Lipinski definition) is 0. The molecule has 24 heavy (non-hydrogen) atoms. The first-order valence-corrected chi connectivity index (χ1v) is 8.37. The van der Waals surface area contributed by atoms with E-state index in [9.17, 15) is 4.79 Å². The van der Waals surface area contributed by atoms with Gasteiger partial charge in [-0.1, -0.05) is 23.7 Å². The van der Waals surface area contributed by atoms with E-state index in [2.05, 4.69) is 21.0 Å². The Kier molecular flexibility index (Phi) is 4.73. The third kappa shape index (κ3) is 3.23. The number of carbonyl (C=O) groups is 1. The molecule has 1 heterocycles.